The highest BCUT2D eigenvalue weighted by Gasteiger charge is 2.12. The Morgan fingerprint density at radius 3 is 2.94 bits per heavy atom. The highest BCUT2D eigenvalue weighted by atomic mass is 32.1. The number of thiophene rings is 1. The minimum atomic E-state index is 0.494. The van der Waals surface area contributed by atoms with Gasteiger partial charge in [-0.3, -0.25) is 0 Å². The minimum absolute atomic E-state index is 0.494. The molecule has 2 aromatic heterocycles. The summed E-state index contributed by atoms with van der Waals surface area (Å²) in [6, 6.07) is 0. The van der Waals surface area contributed by atoms with E-state index in [0.717, 1.165) is 18.4 Å². The zero-order valence-electron chi connectivity index (χ0n) is 10.1. The van der Waals surface area contributed by atoms with Gasteiger partial charge in [-0.15, -0.1) is 0 Å². The second-order valence-corrected chi connectivity index (χ2v) is 5.10. The number of nitrogens with zero attached hydrogens (tertiary/aromatic N) is 2. The predicted molar refractivity (Wildman–Crippen MR) is 68.9 cm³/mol. The van der Waals surface area contributed by atoms with Gasteiger partial charge < -0.3 is 10.3 Å². The van der Waals surface area contributed by atoms with Crippen LogP contribution in [0.3, 0.4) is 0 Å². The number of hydrogen-bond donors (Lipinski definition) is 1. The normalized spacial score (nSPS) is 12.9. The molecule has 92 valence electrons. The Kier molecular flexibility index (Phi) is 3.91. The SMILES string of the molecule is Cc1cscc1-c1noc(CCC(C)CN)n1. The summed E-state index contributed by atoms with van der Waals surface area (Å²) < 4.78 is 5.24. The smallest absolute Gasteiger partial charge is 0.226 e. The molecule has 2 rings (SSSR count). The first-order chi connectivity index (χ1) is 8.20. The minimum Gasteiger partial charge on any atom is -0.339 e. The van der Waals surface area contributed by atoms with Crippen molar-refractivity contribution in [1.82, 2.24) is 10.1 Å². The molecule has 0 aliphatic rings. The Morgan fingerprint density at radius 2 is 2.29 bits per heavy atom. The topological polar surface area (TPSA) is 64.9 Å². The van der Waals surface area contributed by atoms with Crippen molar-refractivity contribution in [2.75, 3.05) is 6.54 Å². The molecule has 0 radical (unpaired) electrons. The van der Waals surface area contributed by atoms with Crippen LogP contribution in [0.25, 0.3) is 11.4 Å². The molecule has 1 unspecified atom stereocenters. The summed E-state index contributed by atoms with van der Waals surface area (Å²) in [7, 11) is 0. The lowest BCUT2D eigenvalue weighted by atomic mass is 10.1. The van der Waals surface area contributed by atoms with Crippen molar-refractivity contribution in [3.8, 4) is 11.4 Å². The number of aryl methyl sites for hydroxylation is 2. The Balaban J connectivity index is 2.04. The fraction of sp³-hybridized carbons (Fsp3) is 0.500. The fourth-order valence-electron chi connectivity index (χ4n) is 1.54. The van der Waals surface area contributed by atoms with Crippen molar-refractivity contribution < 1.29 is 4.52 Å². The number of rotatable bonds is 5. The summed E-state index contributed by atoms with van der Waals surface area (Å²) in [5.41, 5.74) is 7.83. The first kappa shape index (κ1) is 12.3. The molecule has 1 atom stereocenters. The van der Waals surface area contributed by atoms with Gasteiger partial charge in [0.05, 0.1) is 0 Å². The molecule has 0 amide bonds. The van der Waals surface area contributed by atoms with Crippen molar-refractivity contribution in [3.63, 3.8) is 0 Å². The molecule has 0 saturated heterocycles. The van der Waals surface area contributed by atoms with E-state index in [9.17, 15) is 0 Å². The molecule has 2 aromatic rings. The Morgan fingerprint density at radius 1 is 1.47 bits per heavy atom. The molecule has 0 fully saturated rings. The van der Waals surface area contributed by atoms with Crippen LogP contribution < -0.4 is 5.73 Å². The van der Waals surface area contributed by atoms with E-state index in [-0.39, 0.29) is 0 Å². The van der Waals surface area contributed by atoms with E-state index in [2.05, 4.69) is 29.4 Å². The molecule has 0 bridgehead atoms. The van der Waals surface area contributed by atoms with E-state index in [1.54, 1.807) is 11.3 Å². The average Bonchev–Trinajstić information content (AvgIpc) is 2.94. The monoisotopic (exact) mass is 251 g/mol. The maximum absolute atomic E-state index is 5.57. The third-order valence-electron chi connectivity index (χ3n) is 2.82. The zero-order chi connectivity index (χ0) is 12.3. The molecular weight excluding hydrogens is 234 g/mol. The van der Waals surface area contributed by atoms with Crippen molar-refractivity contribution >= 4 is 11.3 Å². The van der Waals surface area contributed by atoms with E-state index in [4.69, 9.17) is 10.3 Å². The number of hydrogen-bond acceptors (Lipinski definition) is 5. The van der Waals surface area contributed by atoms with Gasteiger partial charge in [-0.2, -0.15) is 16.3 Å². The molecule has 17 heavy (non-hydrogen) atoms. The molecule has 0 spiro atoms. The third-order valence-corrected chi connectivity index (χ3v) is 3.68. The van der Waals surface area contributed by atoms with E-state index >= 15 is 0 Å². The lowest BCUT2D eigenvalue weighted by molar-refractivity contribution is 0.366. The van der Waals surface area contributed by atoms with Gasteiger partial charge in [-0.25, -0.2) is 0 Å². The van der Waals surface area contributed by atoms with Crippen molar-refractivity contribution in [3.05, 3.63) is 22.2 Å². The largest absolute Gasteiger partial charge is 0.339 e. The molecule has 0 aliphatic carbocycles. The van der Waals surface area contributed by atoms with Gasteiger partial charge in [0.15, 0.2) is 0 Å². The van der Waals surface area contributed by atoms with E-state index < -0.39 is 0 Å². The quantitative estimate of drug-likeness (QED) is 0.887. The molecule has 0 saturated carbocycles. The van der Waals surface area contributed by atoms with Gasteiger partial charge in [0.25, 0.3) is 0 Å². The lowest BCUT2D eigenvalue weighted by Crippen LogP contribution is -2.11. The van der Waals surface area contributed by atoms with Crippen LogP contribution in [0.5, 0.6) is 0 Å². The van der Waals surface area contributed by atoms with Gasteiger partial charge in [-0.1, -0.05) is 12.1 Å². The Bertz CT molecular complexity index is 478. The van der Waals surface area contributed by atoms with Crippen LogP contribution in [-0.2, 0) is 6.42 Å². The first-order valence-corrected chi connectivity index (χ1v) is 6.70. The Labute approximate surface area is 105 Å². The summed E-state index contributed by atoms with van der Waals surface area (Å²) in [6.45, 7) is 4.88. The van der Waals surface area contributed by atoms with E-state index in [1.165, 1.54) is 5.56 Å². The van der Waals surface area contributed by atoms with Gasteiger partial charge in [0.2, 0.25) is 11.7 Å². The maximum atomic E-state index is 5.57. The zero-order valence-corrected chi connectivity index (χ0v) is 11.0. The van der Waals surface area contributed by atoms with E-state index in [0.29, 0.717) is 24.2 Å². The van der Waals surface area contributed by atoms with Crippen molar-refractivity contribution in [2.24, 2.45) is 11.7 Å². The van der Waals surface area contributed by atoms with Crippen LogP contribution in [0.4, 0.5) is 0 Å². The van der Waals surface area contributed by atoms with Crippen molar-refractivity contribution in [2.45, 2.75) is 26.7 Å². The van der Waals surface area contributed by atoms with E-state index in [1.807, 2.05) is 5.38 Å². The summed E-state index contributed by atoms with van der Waals surface area (Å²) in [4.78, 5) is 4.41. The van der Waals surface area contributed by atoms with Gasteiger partial charge in [0.1, 0.15) is 0 Å². The first-order valence-electron chi connectivity index (χ1n) is 5.76. The molecule has 5 heteroatoms. The molecule has 0 aliphatic heterocycles. The summed E-state index contributed by atoms with van der Waals surface area (Å²) >= 11 is 1.65. The highest BCUT2D eigenvalue weighted by Crippen LogP contribution is 2.24. The summed E-state index contributed by atoms with van der Waals surface area (Å²) in [6.07, 6.45) is 1.79. The molecule has 2 heterocycles. The second kappa shape index (κ2) is 5.42. The van der Waals surface area contributed by atoms with Crippen LogP contribution in [0.15, 0.2) is 15.3 Å². The maximum Gasteiger partial charge on any atom is 0.226 e. The molecule has 2 N–H and O–H groups in total. The average molecular weight is 251 g/mol. The van der Waals surface area contributed by atoms with Gasteiger partial charge in [0, 0.05) is 17.4 Å². The van der Waals surface area contributed by atoms with Crippen molar-refractivity contribution in [1.29, 1.82) is 0 Å². The van der Waals surface area contributed by atoms with Gasteiger partial charge >= 0.3 is 0 Å². The predicted octanol–water partition coefficient (Wildman–Crippen LogP) is 2.63. The summed E-state index contributed by atoms with van der Waals surface area (Å²) in [5.74, 6) is 1.89. The van der Waals surface area contributed by atoms with Gasteiger partial charge in [-0.05, 0) is 36.8 Å². The lowest BCUT2D eigenvalue weighted by Gasteiger charge is -2.03. The highest BCUT2D eigenvalue weighted by molar-refractivity contribution is 7.08. The fourth-order valence-corrected chi connectivity index (χ4v) is 2.37. The van der Waals surface area contributed by atoms with Crippen LogP contribution in [0, 0.1) is 12.8 Å². The van der Waals surface area contributed by atoms with Crippen LogP contribution >= 0.6 is 11.3 Å². The van der Waals surface area contributed by atoms with Crippen LogP contribution in [0.1, 0.15) is 24.8 Å². The third kappa shape index (κ3) is 2.92. The molecule has 0 aromatic carbocycles. The number of nitrogens with two attached hydrogens (primary N) is 1. The van der Waals surface area contributed by atoms with Crippen LogP contribution in [0.2, 0.25) is 0 Å². The summed E-state index contributed by atoms with van der Waals surface area (Å²) in [5, 5.41) is 8.15. The number of aromatic nitrogens is 2. The Hall–Kier alpha value is -1.20. The standard InChI is InChI=1S/C12H17N3OS/c1-8(5-13)3-4-11-14-12(15-16-11)10-7-17-6-9(10)2/h6-8H,3-5,13H2,1-2H3. The second-order valence-electron chi connectivity index (χ2n) is 4.36. The molecular formula is C12H17N3OS. The molecule has 4 nitrogen and oxygen atoms in total. The van der Waals surface area contributed by atoms with Crippen LogP contribution in [-0.4, -0.2) is 16.7 Å².